The van der Waals surface area contributed by atoms with Crippen molar-refractivity contribution in [3.63, 3.8) is 0 Å². The molecule has 0 bridgehead atoms. The Balaban J connectivity index is 2.03. The first-order chi connectivity index (χ1) is 16.4. The molecular formula is C23H26F5N3O4. The van der Waals surface area contributed by atoms with Crippen molar-refractivity contribution in [2.24, 2.45) is 5.92 Å². The fourth-order valence-electron chi connectivity index (χ4n) is 4.48. The van der Waals surface area contributed by atoms with E-state index in [2.05, 4.69) is 15.6 Å². The molecular weight excluding hydrogens is 477 g/mol. The van der Waals surface area contributed by atoms with Crippen LogP contribution in [0.15, 0.2) is 24.4 Å². The number of nitrogens with zero attached hydrogens (tertiary/aromatic N) is 1. The molecule has 1 aliphatic heterocycles. The number of methoxy groups -OCH3 is 1. The van der Waals surface area contributed by atoms with Crippen molar-refractivity contribution in [2.75, 3.05) is 26.0 Å². The third-order valence-corrected chi connectivity index (χ3v) is 6.56. The number of rotatable bonds is 7. The first-order valence-electron chi connectivity index (χ1n) is 10.7. The molecule has 2 aromatic rings. The van der Waals surface area contributed by atoms with E-state index in [1.807, 2.05) is 0 Å². The van der Waals surface area contributed by atoms with Gasteiger partial charge in [0.2, 0.25) is 5.82 Å². The monoisotopic (exact) mass is 503 g/mol. The number of benzene rings is 1. The van der Waals surface area contributed by atoms with Crippen LogP contribution >= 0.6 is 0 Å². The second kappa shape index (κ2) is 9.94. The van der Waals surface area contributed by atoms with Crippen molar-refractivity contribution in [3.05, 3.63) is 52.9 Å². The van der Waals surface area contributed by atoms with Crippen molar-refractivity contribution < 1.29 is 41.3 Å². The molecule has 2 unspecified atom stereocenters. The van der Waals surface area contributed by atoms with Gasteiger partial charge in [-0.25, -0.2) is 4.39 Å². The maximum atomic E-state index is 14.4. The highest BCUT2D eigenvalue weighted by molar-refractivity contribution is 5.94. The first kappa shape index (κ1) is 26.6. The zero-order chi connectivity index (χ0) is 26.1. The number of halogens is 5. The smallest absolute Gasteiger partial charge is 0.417 e. The van der Waals surface area contributed by atoms with Crippen LogP contribution in [0.4, 0.5) is 27.6 Å². The van der Waals surface area contributed by atoms with E-state index in [4.69, 9.17) is 9.47 Å². The van der Waals surface area contributed by atoms with E-state index < -0.39 is 59.6 Å². The van der Waals surface area contributed by atoms with Gasteiger partial charge in [-0.15, -0.1) is 0 Å². The van der Waals surface area contributed by atoms with E-state index in [9.17, 15) is 31.9 Å². The fourth-order valence-corrected chi connectivity index (χ4v) is 4.48. The average Bonchev–Trinajstić information content (AvgIpc) is 3.09. The van der Waals surface area contributed by atoms with Gasteiger partial charge in [-0.1, -0.05) is 13.0 Å². The maximum absolute atomic E-state index is 14.4. The Morgan fingerprint density at radius 2 is 1.97 bits per heavy atom. The summed E-state index contributed by atoms with van der Waals surface area (Å²) in [4.78, 5) is 16.0. The summed E-state index contributed by atoms with van der Waals surface area (Å²) in [7, 11) is 2.49. The number of nitrogens with one attached hydrogen (secondary N) is 2. The van der Waals surface area contributed by atoms with Crippen LogP contribution < -0.4 is 15.4 Å². The largest absolute Gasteiger partial charge is 0.493 e. The van der Waals surface area contributed by atoms with Gasteiger partial charge in [0.25, 0.3) is 5.91 Å². The molecule has 4 atom stereocenters. The summed E-state index contributed by atoms with van der Waals surface area (Å²) >= 11 is 0. The molecule has 1 amide bonds. The number of carbonyl (C=O) groups is 1. The van der Waals surface area contributed by atoms with Gasteiger partial charge in [0.05, 0.1) is 19.8 Å². The second-order valence-corrected chi connectivity index (χ2v) is 8.36. The SMILES string of the molecule is CNC(=O)c1nccc(NC[C@@H]2O[C@@](C)(C(F)(F)F)C(C)C2c2ccc(F)c(F)c2OC)c1CO. The summed E-state index contributed by atoms with van der Waals surface area (Å²) in [6.45, 7) is 1.45. The van der Waals surface area contributed by atoms with Crippen LogP contribution in [0, 0.1) is 17.6 Å². The van der Waals surface area contributed by atoms with Crippen molar-refractivity contribution in [1.82, 2.24) is 10.3 Å². The van der Waals surface area contributed by atoms with Gasteiger partial charge in [0.15, 0.2) is 17.2 Å². The van der Waals surface area contributed by atoms with Gasteiger partial charge in [0, 0.05) is 48.4 Å². The second-order valence-electron chi connectivity index (χ2n) is 8.36. The zero-order valence-corrected chi connectivity index (χ0v) is 19.5. The molecule has 35 heavy (non-hydrogen) atoms. The predicted octanol–water partition coefficient (Wildman–Crippen LogP) is 3.77. The molecule has 12 heteroatoms. The minimum absolute atomic E-state index is 0.0295. The minimum Gasteiger partial charge on any atom is -0.493 e. The Hall–Kier alpha value is -2.99. The lowest BCUT2D eigenvalue weighted by Gasteiger charge is -2.32. The van der Waals surface area contributed by atoms with E-state index in [0.29, 0.717) is 0 Å². The molecule has 0 aliphatic carbocycles. The van der Waals surface area contributed by atoms with Crippen LogP contribution in [0.5, 0.6) is 5.75 Å². The van der Waals surface area contributed by atoms with E-state index >= 15 is 0 Å². The normalized spacial score (nSPS) is 24.3. The molecule has 3 rings (SSSR count). The zero-order valence-electron chi connectivity index (χ0n) is 19.5. The number of pyridine rings is 1. The molecule has 192 valence electrons. The third kappa shape index (κ3) is 4.64. The van der Waals surface area contributed by atoms with E-state index in [-0.39, 0.29) is 29.1 Å². The van der Waals surface area contributed by atoms with Crippen LogP contribution in [-0.2, 0) is 11.3 Å². The first-order valence-corrected chi connectivity index (χ1v) is 10.7. The van der Waals surface area contributed by atoms with Gasteiger partial charge in [-0.2, -0.15) is 17.6 Å². The van der Waals surface area contributed by atoms with Gasteiger partial charge < -0.3 is 25.2 Å². The Labute approximate surface area is 198 Å². The Morgan fingerprint density at radius 1 is 1.29 bits per heavy atom. The number of ether oxygens (including phenoxy) is 2. The lowest BCUT2D eigenvalue weighted by molar-refractivity contribution is -0.273. The number of aliphatic hydroxyl groups excluding tert-OH is 1. The van der Waals surface area contributed by atoms with Crippen LogP contribution in [-0.4, -0.2) is 54.6 Å². The summed E-state index contributed by atoms with van der Waals surface area (Å²) in [5.74, 6) is -5.81. The third-order valence-electron chi connectivity index (χ3n) is 6.56. The molecule has 0 radical (unpaired) electrons. The molecule has 0 saturated carbocycles. The van der Waals surface area contributed by atoms with Crippen molar-refractivity contribution >= 4 is 11.6 Å². The lowest BCUT2D eigenvalue weighted by Crippen LogP contribution is -2.47. The van der Waals surface area contributed by atoms with Crippen LogP contribution in [0.1, 0.15) is 41.4 Å². The highest BCUT2D eigenvalue weighted by atomic mass is 19.4. The number of amides is 1. The van der Waals surface area contributed by atoms with Gasteiger partial charge in [-0.3, -0.25) is 9.78 Å². The molecule has 0 spiro atoms. The van der Waals surface area contributed by atoms with Crippen molar-refractivity contribution in [1.29, 1.82) is 0 Å². The minimum atomic E-state index is -4.76. The quantitative estimate of drug-likeness (QED) is 0.499. The van der Waals surface area contributed by atoms with E-state index in [0.717, 1.165) is 20.1 Å². The summed E-state index contributed by atoms with van der Waals surface area (Å²) < 4.78 is 81.0. The fraction of sp³-hybridized carbons (Fsp3) is 0.478. The Morgan fingerprint density at radius 3 is 2.54 bits per heavy atom. The summed E-state index contributed by atoms with van der Waals surface area (Å²) in [5.41, 5.74) is -2.22. The lowest BCUT2D eigenvalue weighted by atomic mass is 9.77. The topological polar surface area (TPSA) is 92.7 Å². The van der Waals surface area contributed by atoms with Crippen LogP contribution in [0.25, 0.3) is 0 Å². The predicted molar refractivity (Wildman–Crippen MR) is 116 cm³/mol. The van der Waals surface area contributed by atoms with Crippen molar-refractivity contribution in [2.45, 2.75) is 44.3 Å². The molecule has 1 saturated heterocycles. The molecule has 3 N–H and O–H groups in total. The molecule has 1 aliphatic rings. The summed E-state index contributed by atoms with van der Waals surface area (Å²) in [5, 5.41) is 15.1. The van der Waals surface area contributed by atoms with Crippen molar-refractivity contribution in [3.8, 4) is 5.75 Å². The highest BCUT2D eigenvalue weighted by Crippen LogP contribution is 2.54. The Kier molecular flexibility index (Phi) is 7.56. The maximum Gasteiger partial charge on any atom is 0.417 e. The number of hydrogen-bond acceptors (Lipinski definition) is 6. The van der Waals surface area contributed by atoms with Gasteiger partial charge in [-0.05, 0) is 19.1 Å². The van der Waals surface area contributed by atoms with Crippen LogP contribution in [0.2, 0.25) is 0 Å². The number of alkyl halides is 3. The summed E-state index contributed by atoms with van der Waals surface area (Å²) in [6.07, 6.45) is -4.62. The standard InChI is InChI=1S/C23H26F5N3O4/c1-11-17(12-5-6-14(24)18(25)20(12)34-4)16(35-22(11,2)23(26,27)28)9-31-15-7-8-30-19(13(15)10-32)21(33)29-3/h5-8,11,16-17,32H,9-10H2,1-4H3,(H,29,33)(H,30,31)/t11?,16-,17?,22+/m0/s1. The van der Waals surface area contributed by atoms with Crippen LogP contribution in [0.3, 0.4) is 0 Å². The summed E-state index contributed by atoms with van der Waals surface area (Å²) in [6, 6.07) is 3.47. The molecule has 2 heterocycles. The molecule has 1 aromatic heterocycles. The Bertz CT molecular complexity index is 1100. The van der Waals surface area contributed by atoms with Gasteiger partial charge in [0.1, 0.15) is 5.69 Å². The molecule has 7 nitrogen and oxygen atoms in total. The number of carbonyl (C=O) groups excluding carboxylic acids is 1. The van der Waals surface area contributed by atoms with Gasteiger partial charge >= 0.3 is 6.18 Å². The average molecular weight is 503 g/mol. The van der Waals surface area contributed by atoms with E-state index in [1.165, 1.54) is 32.3 Å². The number of hydrogen-bond donors (Lipinski definition) is 3. The number of anilines is 1. The number of aromatic nitrogens is 1. The van der Waals surface area contributed by atoms with E-state index in [1.54, 1.807) is 0 Å². The highest BCUT2D eigenvalue weighted by Gasteiger charge is 2.64. The number of aliphatic hydroxyl groups is 1. The molecule has 1 aromatic carbocycles. The molecule has 1 fully saturated rings.